The number of nitrogens with zero attached hydrogens (tertiary/aromatic N) is 1. The van der Waals surface area contributed by atoms with E-state index in [0.717, 1.165) is 5.56 Å². The molecule has 0 bridgehead atoms. The van der Waals surface area contributed by atoms with Crippen LogP contribution in [0.5, 0.6) is 0 Å². The van der Waals surface area contributed by atoms with Crippen LogP contribution in [0.25, 0.3) is 6.08 Å². The van der Waals surface area contributed by atoms with Crippen molar-refractivity contribution in [1.82, 2.24) is 15.5 Å². The van der Waals surface area contributed by atoms with E-state index in [1.165, 1.54) is 4.90 Å². The average Bonchev–Trinajstić information content (AvgIpc) is 2.73. The molecule has 0 heterocycles. The summed E-state index contributed by atoms with van der Waals surface area (Å²) >= 11 is 0. The highest BCUT2D eigenvalue weighted by molar-refractivity contribution is 5.93. The third-order valence-electron chi connectivity index (χ3n) is 5.33. The highest BCUT2D eigenvalue weighted by atomic mass is 16.6. The van der Waals surface area contributed by atoms with Crippen molar-refractivity contribution in [2.24, 2.45) is 0 Å². The summed E-state index contributed by atoms with van der Waals surface area (Å²) in [5.74, 6) is -0.951. The summed E-state index contributed by atoms with van der Waals surface area (Å²) in [6, 6.07) is 4.78. The van der Waals surface area contributed by atoms with Crippen LogP contribution in [0.1, 0.15) is 79.0 Å². The third-order valence-corrected chi connectivity index (χ3v) is 5.33. The Morgan fingerprint density at radius 2 is 1.76 bits per heavy atom. The molecule has 190 valence electrons. The minimum Gasteiger partial charge on any atom is -0.444 e. The normalized spacial score (nSPS) is 13.6. The number of amides is 3. The fourth-order valence-corrected chi connectivity index (χ4v) is 3.39. The van der Waals surface area contributed by atoms with Gasteiger partial charge in [0.05, 0.1) is 6.61 Å². The zero-order valence-electron chi connectivity index (χ0n) is 21.8. The van der Waals surface area contributed by atoms with Crippen LogP contribution in [0, 0.1) is 0 Å². The lowest BCUT2D eigenvalue weighted by atomic mass is 9.91. The molecule has 8 nitrogen and oxygen atoms in total. The van der Waals surface area contributed by atoms with Gasteiger partial charge in [0.1, 0.15) is 17.7 Å². The van der Waals surface area contributed by atoms with Crippen molar-refractivity contribution in [2.45, 2.75) is 91.1 Å². The number of aliphatic hydroxyl groups excluding tert-OH is 1. The van der Waals surface area contributed by atoms with E-state index in [1.807, 2.05) is 40.7 Å². The smallest absolute Gasteiger partial charge is 0.408 e. The van der Waals surface area contributed by atoms with Crippen LogP contribution in [0.2, 0.25) is 0 Å². The Balaban J connectivity index is 3.58. The highest BCUT2D eigenvalue weighted by Crippen LogP contribution is 2.32. The quantitative estimate of drug-likeness (QED) is 0.477. The molecule has 0 fully saturated rings. The van der Waals surface area contributed by atoms with Crippen LogP contribution in [-0.2, 0) is 14.3 Å². The van der Waals surface area contributed by atoms with Gasteiger partial charge in [0.2, 0.25) is 11.8 Å². The lowest BCUT2D eigenvalue weighted by Gasteiger charge is -2.44. The van der Waals surface area contributed by atoms with Crippen molar-refractivity contribution in [3.63, 3.8) is 0 Å². The number of rotatable bonds is 10. The van der Waals surface area contributed by atoms with Gasteiger partial charge >= 0.3 is 6.09 Å². The monoisotopic (exact) mass is 475 g/mol. The van der Waals surface area contributed by atoms with Crippen LogP contribution in [0.15, 0.2) is 30.8 Å². The first-order chi connectivity index (χ1) is 15.7. The maximum absolute atomic E-state index is 13.8. The number of carbonyl (C=O) groups excluding carboxylic acids is 3. The minimum atomic E-state index is -1.29. The molecular weight excluding hydrogens is 434 g/mol. The SMILES string of the molecule is C=Cc1cccc(C(C(=O)NC(C)C)N(C(=O)C(CO)NC(=O)OC(C)(C)C)C(C)(C)CC)c1. The van der Waals surface area contributed by atoms with E-state index in [0.29, 0.717) is 12.0 Å². The summed E-state index contributed by atoms with van der Waals surface area (Å²) in [6.07, 6.45) is 1.36. The van der Waals surface area contributed by atoms with Crippen molar-refractivity contribution >= 4 is 24.0 Å². The van der Waals surface area contributed by atoms with Gasteiger partial charge in [-0.2, -0.15) is 0 Å². The van der Waals surface area contributed by atoms with Gasteiger partial charge in [0.25, 0.3) is 0 Å². The zero-order valence-corrected chi connectivity index (χ0v) is 21.8. The van der Waals surface area contributed by atoms with E-state index in [1.54, 1.807) is 45.0 Å². The summed E-state index contributed by atoms with van der Waals surface area (Å²) in [4.78, 5) is 41.1. The Morgan fingerprint density at radius 3 is 2.24 bits per heavy atom. The molecule has 1 aromatic rings. The van der Waals surface area contributed by atoms with E-state index < -0.39 is 41.8 Å². The molecule has 1 rings (SSSR count). The lowest BCUT2D eigenvalue weighted by Crippen LogP contribution is -2.60. The molecule has 8 heteroatoms. The Bertz CT molecular complexity index is 873. The second-order valence-electron chi connectivity index (χ2n) is 10.2. The van der Waals surface area contributed by atoms with Crippen molar-refractivity contribution in [3.8, 4) is 0 Å². The number of hydrogen-bond acceptors (Lipinski definition) is 5. The van der Waals surface area contributed by atoms with E-state index >= 15 is 0 Å². The van der Waals surface area contributed by atoms with Crippen LogP contribution >= 0.6 is 0 Å². The van der Waals surface area contributed by atoms with E-state index in [9.17, 15) is 19.5 Å². The number of benzene rings is 1. The van der Waals surface area contributed by atoms with Gasteiger partial charge in [-0.25, -0.2) is 4.79 Å². The first-order valence-corrected chi connectivity index (χ1v) is 11.6. The Labute approximate surface area is 203 Å². The molecule has 34 heavy (non-hydrogen) atoms. The number of aliphatic hydroxyl groups is 1. The maximum atomic E-state index is 13.8. The average molecular weight is 476 g/mol. The van der Waals surface area contributed by atoms with Crippen LogP contribution in [0.4, 0.5) is 4.79 Å². The number of alkyl carbamates (subject to hydrolysis) is 1. The second-order valence-corrected chi connectivity index (χ2v) is 10.2. The molecule has 2 unspecified atom stereocenters. The molecular formula is C26H41N3O5. The first-order valence-electron chi connectivity index (χ1n) is 11.6. The van der Waals surface area contributed by atoms with Gasteiger partial charge in [-0.1, -0.05) is 37.8 Å². The Hall–Kier alpha value is -2.87. The van der Waals surface area contributed by atoms with E-state index in [-0.39, 0.29) is 11.9 Å². The van der Waals surface area contributed by atoms with Gasteiger partial charge in [0.15, 0.2) is 0 Å². The topological polar surface area (TPSA) is 108 Å². The predicted octanol–water partition coefficient (Wildman–Crippen LogP) is 3.80. The summed E-state index contributed by atoms with van der Waals surface area (Å²) < 4.78 is 5.27. The van der Waals surface area contributed by atoms with E-state index in [4.69, 9.17) is 4.74 Å². The number of hydrogen-bond donors (Lipinski definition) is 3. The van der Waals surface area contributed by atoms with Crippen molar-refractivity contribution < 1.29 is 24.2 Å². The fourth-order valence-electron chi connectivity index (χ4n) is 3.39. The molecule has 0 aromatic heterocycles. The summed E-state index contributed by atoms with van der Waals surface area (Å²) in [7, 11) is 0. The number of carbonyl (C=O) groups is 3. The molecule has 0 saturated heterocycles. The van der Waals surface area contributed by atoms with Gasteiger partial charge in [-0.15, -0.1) is 0 Å². The number of nitrogens with one attached hydrogen (secondary N) is 2. The molecule has 0 spiro atoms. The third kappa shape index (κ3) is 8.17. The molecule has 3 N–H and O–H groups in total. The molecule has 0 aliphatic rings. The van der Waals surface area contributed by atoms with Crippen LogP contribution in [0.3, 0.4) is 0 Å². The molecule has 0 aliphatic carbocycles. The summed E-state index contributed by atoms with van der Waals surface area (Å²) in [6.45, 7) is 17.5. The van der Waals surface area contributed by atoms with Crippen LogP contribution < -0.4 is 10.6 Å². The van der Waals surface area contributed by atoms with Crippen molar-refractivity contribution in [1.29, 1.82) is 0 Å². The molecule has 0 aliphatic heterocycles. The zero-order chi connectivity index (χ0) is 26.3. The van der Waals surface area contributed by atoms with Gasteiger partial charge in [-0.05, 0) is 72.1 Å². The molecule has 0 radical (unpaired) electrons. The molecule has 2 atom stereocenters. The molecule has 3 amide bonds. The van der Waals surface area contributed by atoms with E-state index in [2.05, 4.69) is 17.2 Å². The van der Waals surface area contributed by atoms with Gasteiger partial charge in [-0.3, -0.25) is 9.59 Å². The predicted molar refractivity (Wildman–Crippen MR) is 134 cm³/mol. The standard InChI is InChI=1S/C26H41N3O5/c1-10-18-13-12-14-19(15-18)21(22(31)27-17(3)4)29(26(8,9)11-2)23(32)20(16-30)28-24(33)34-25(5,6)7/h10,12-15,17,20-21,30H,1,11,16H2,2-9H3,(H,27,31)(H,28,33). The Morgan fingerprint density at radius 1 is 1.15 bits per heavy atom. The molecule has 1 aromatic carbocycles. The van der Waals surface area contributed by atoms with Crippen molar-refractivity contribution in [2.75, 3.05) is 6.61 Å². The highest BCUT2D eigenvalue weighted by Gasteiger charge is 2.43. The lowest BCUT2D eigenvalue weighted by molar-refractivity contribution is -0.150. The summed E-state index contributed by atoms with van der Waals surface area (Å²) in [5.41, 5.74) is -0.171. The van der Waals surface area contributed by atoms with Crippen LogP contribution in [-0.4, -0.2) is 57.7 Å². The fraction of sp³-hybridized carbons (Fsp3) is 0.577. The van der Waals surface area contributed by atoms with Crippen molar-refractivity contribution in [3.05, 3.63) is 42.0 Å². The van der Waals surface area contributed by atoms with Gasteiger partial charge in [0, 0.05) is 11.6 Å². The Kier molecular flexibility index (Phi) is 10.3. The first kappa shape index (κ1) is 29.2. The maximum Gasteiger partial charge on any atom is 0.408 e. The minimum absolute atomic E-state index is 0.159. The van der Waals surface area contributed by atoms with Gasteiger partial charge < -0.3 is 25.4 Å². The largest absolute Gasteiger partial charge is 0.444 e. The molecule has 0 saturated carbocycles. The second kappa shape index (κ2) is 12.0. The summed E-state index contributed by atoms with van der Waals surface area (Å²) in [5, 5.41) is 15.4. The number of ether oxygens (including phenoxy) is 1.